The van der Waals surface area contributed by atoms with E-state index in [2.05, 4.69) is 10.1 Å². The molecule has 0 bridgehead atoms. The van der Waals surface area contributed by atoms with Gasteiger partial charge in [-0.05, 0) is 18.6 Å². The van der Waals surface area contributed by atoms with Crippen LogP contribution in [0, 0.1) is 5.82 Å². The van der Waals surface area contributed by atoms with Crippen molar-refractivity contribution in [1.29, 1.82) is 0 Å². The van der Waals surface area contributed by atoms with Gasteiger partial charge in [0, 0.05) is 32.2 Å². The molecule has 31 heavy (non-hydrogen) atoms. The molecule has 3 N–H and O–H groups in total. The Bertz CT molecular complexity index is 1110. The Morgan fingerprint density at radius 1 is 1.45 bits per heavy atom. The van der Waals surface area contributed by atoms with E-state index in [1.165, 1.54) is 29.9 Å². The number of nitrogen functional groups attached to an aromatic ring is 1. The number of rotatable bonds is 8. The van der Waals surface area contributed by atoms with E-state index in [1.807, 2.05) is 6.92 Å². The number of H-pyrrole nitrogens is 1. The molecular weight excluding hydrogens is 409 g/mol. The number of ether oxygens (including phenoxy) is 1. The van der Waals surface area contributed by atoms with Crippen molar-refractivity contribution < 1.29 is 18.8 Å². The molecule has 1 aliphatic rings. The van der Waals surface area contributed by atoms with Crippen LogP contribution in [0.25, 0.3) is 0 Å². The fraction of sp³-hybridized carbons (Fsp3) is 0.400. The molecule has 0 spiro atoms. The molecule has 2 heterocycles. The van der Waals surface area contributed by atoms with Gasteiger partial charge in [-0.15, -0.1) is 0 Å². The number of carbonyl (C=O) groups excluding carboxylic acids is 1. The van der Waals surface area contributed by atoms with Gasteiger partial charge in [0.25, 0.3) is 11.5 Å². The Morgan fingerprint density at radius 3 is 2.90 bits per heavy atom. The maximum absolute atomic E-state index is 13.5. The van der Waals surface area contributed by atoms with Crippen molar-refractivity contribution in [3.63, 3.8) is 0 Å². The number of aromatic nitrogens is 2. The highest BCUT2D eigenvalue weighted by molar-refractivity contribution is 6.07. The topological polar surface area (TPSA) is 132 Å². The molecule has 1 amide bonds. The van der Waals surface area contributed by atoms with E-state index < -0.39 is 29.1 Å². The second-order valence-electron chi connectivity index (χ2n) is 6.97. The summed E-state index contributed by atoms with van der Waals surface area (Å²) >= 11 is 0. The summed E-state index contributed by atoms with van der Waals surface area (Å²) in [5, 5.41) is 3.91. The number of amides is 1. The highest BCUT2D eigenvalue weighted by Gasteiger charge is 2.35. The van der Waals surface area contributed by atoms with Crippen LogP contribution in [0.15, 0.2) is 39.0 Å². The number of halogens is 1. The third-order valence-corrected chi connectivity index (χ3v) is 4.82. The summed E-state index contributed by atoms with van der Waals surface area (Å²) in [5.41, 5.74) is 5.42. The highest BCUT2D eigenvalue weighted by Crippen LogP contribution is 2.23. The minimum atomic E-state index is -1.04. The van der Waals surface area contributed by atoms with Crippen LogP contribution in [0.4, 0.5) is 15.9 Å². The van der Waals surface area contributed by atoms with Gasteiger partial charge in [0.05, 0.1) is 12.3 Å². The zero-order chi connectivity index (χ0) is 22.5. The molecule has 0 radical (unpaired) electrons. The first-order chi connectivity index (χ1) is 14.9. The molecule has 1 aromatic carbocycles. The number of hydrogen-bond acceptors (Lipinski definition) is 7. The van der Waals surface area contributed by atoms with Crippen LogP contribution in [-0.4, -0.2) is 47.5 Å². The van der Waals surface area contributed by atoms with Gasteiger partial charge in [-0.25, -0.2) is 9.18 Å². The van der Waals surface area contributed by atoms with Crippen LogP contribution >= 0.6 is 0 Å². The van der Waals surface area contributed by atoms with E-state index in [9.17, 15) is 18.8 Å². The number of methoxy groups -OCH3 is 1. The first-order valence-corrected chi connectivity index (χ1v) is 9.78. The minimum absolute atomic E-state index is 0.00208. The zero-order valence-electron chi connectivity index (χ0n) is 17.3. The van der Waals surface area contributed by atoms with Gasteiger partial charge in [0.2, 0.25) is 6.10 Å². The normalized spacial score (nSPS) is 15.5. The first-order valence-electron chi connectivity index (χ1n) is 9.78. The maximum atomic E-state index is 13.5. The smallest absolute Gasteiger partial charge is 0.330 e. The minimum Gasteiger partial charge on any atom is -0.383 e. The molecule has 0 saturated heterocycles. The summed E-state index contributed by atoms with van der Waals surface area (Å²) in [6.45, 7) is 2.24. The molecule has 10 nitrogen and oxygen atoms in total. The lowest BCUT2D eigenvalue weighted by Crippen LogP contribution is -2.46. The third kappa shape index (κ3) is 4.66. The number of oxime groups is 1. The molecule has 11 heteroatoms. The number of aromatic amines is 1. The zero-order valence-corrected chi connectivity index (χ0v) is 17.3. The van der Waals surface area contributed by atoms with Gasteiger partial charge in [0.15, 0.2) is 5.69 Å². The Kier molecular flexibility index (Phi) is 6.85. The van der Waals surface area contributed by atoms with Crippen molar-refractivity contribution in [1.82, 2.24) is 9.55 Å². The molecule has 2 aromatic rings. The molecule has 166 valence electrons. The van der Waals surface area contributed by atoms with Crippen LogP contribution in [0.2, 0.25) is 0 Å². The molecule has 1 unspecified atom stereocenters. The first kappa shape index (κ1) is 22.2. The van der Waals surface area contributed by atoms with Crippen LogP contribution in [0.1, 0.15) is 25.3 Å². The molecule has 0 saturated carbocycles. The predicted molar refractivity (Wildman–Crippen MR) is 113 cm³/mol. The number of nitrogens with one attached hydrogen (secondary N) is 1. The van der Waals surface area contributed by atoms with Crippen molar-refractivity contribution in [2.75, 3.05) is 30.9 Å². The number of nitrogens with zero attached hydrogens (tertiary/aromatic N) is 3. The SMILES string of the molecule is CCCn1c(N)c(N(CCOC)C(=O)C2CC(c3cccc(F)c3)=NO2)c(=O)[nH]c1=O. The standard InChI is InChI=1S/C20H24FN5O5/c1-3-7-26-17(22)16(18(27)23-20(26)29)25(8-9-30-2)19(28)15-11-14(24-31-15)12-5-4-6-13(21)10-12/h4-6,10,15H,3,7-9,11,22H2,1-2H3,(H,23,27,29). The molecule has 1 aliphatic heterocycles. The van der Waals surface area contributed by atoms with Gasteiger partial charge in [-0.3, -0.25) is 24.0 Å². The fourth-order valence-electron chi connectivity index (χ4n) is 3.32. The molecular formula is C20H24FN5O5. The summed E-state index contributed by atoms with van der Waals surface area (Å²) in [6, 6.07) is 5.78. The maximum Gasteiger partial charge on any atom is 0.330 e. The average molecular weight is 433 g/mol. The molecule has 1 atom stereocenters. The molecule has 0 aliphatic carbocycles. The largest absolute Gasteiger partial charge is 0.383 e. The summed E-state index contributed by atoms with van der Waals surface area (Å²) in [7, 11) is 1.45. The van der Waals surface area contributed by atoms with Gasteiger partial charge < -0.3 is 15.3 Å². The van der Waals surface area contributed by atoms with Crippen molar-refractivity contribution in [3.8, 4) is 0 Å². The Hall–Kier alpha value is -3.47. The second-order valence-corrected chi connectivity index (χ2v) is 6.97. The van der Waals surface area contributed by atoms with E-state index in [4.69, 9.17) is 15.3 Å². The summed E-state index contributed by atoms with van der Waals surface area (Å²) in [4.78, 5) is 46.6. The monoisotopic (exact) mass is 433 g/mol. The Morgan fingerprint density at radius 2 is 2.23 bits per heavy atom. The van der Waals surface area contributed by atoms with Crippen LogP contribution in [0.3, 0.4) is 0 Å². The fourth-order valence-corrected chi connectivity index (χ4v) is 3.32. The van der Waals surface area contributed by atoms with Crippen LogP contribution < -0.4 is 21.9 Å². The van der Waals surface area contributed by atoms with Gasteiger partial charge in [0.1, 0.15) is 11.6 Å². The lowest BCUT2D eigenvalue weighted by molar-refractivity contribution is -0.128. The highest BCUT2D eigenvalue weighted by atomic mass is 19.1. The number of anilines is 2. The van der Waals surface area contributed by atoms with Crippen molar-refractivity contribution in [3.05, 3.63) is 56.5 Å². The van der Waals surface area contributed by atoms with E-state index in [0.29, 0.717) is 17.7 Å². The van der Waals surface area contributed by atoms with Crippen molar-refractivity contribution in [2.45, 2.75) is 32.4 Å². The van der Waals surface area contributed by atoms with E-state index in [1.54, 1.807) is 6.07 Å². The summed E-state index contributed by atoms with van der Waals surface area (Å²) in [5.74, 6) is -1.13. The lowest BCUT2D eigenvalue weighted by Gasteiger charge is -2.25. The van der Waals surface area contributed by atoms with Crippen molar-refractivity contribution >= 4 is 23.1 Å². The Labute approximate surface area is 177 Å². The number of carbonyl (C=O) groups is 1. The van der Waals surface area contributed by atoms with Gasteiger partial charge in [-0.1, -0.05) is 24.2 Å². The van der Waals surface area contributed by atoms with Gasteiger partial charge in [-0.2, -0.15) is 0 Å². The van der Waals surface area contributed by atoms with Gasteiger partial charge >= 0.3 is 5.69 Å². The average Bonchev–Trinajstić information content (AvgIpc) is 3.23. The van der Waals surface area contributed by atoms with Crippen LogP contribution in [0.5, 0.6) is 0 Å². The van der Waals surface area contributed by atoms with E-state index >= 15 is 0 Å². The summed E-state index contributed by atoms with van der Waals surface area (Å²) < 4.78 is 19.8. The quantitative estimate of drug-likeness (QED) is 0.634. The number of hydrogen-bond donors (Lipinski definition) is 2. The number of nitrogens with two attached hydrogens (primary N) is 1. The summed E-state index contributed by atoms with van der Waals surface area (Å²) in [6.07, 6.45) is -0.364. The molecule has 3 rings (SSSR count). The molecule has 1 aromatic heterocycles. The number of benzene rings is 1. The lowest BCUT2D eigenvalue weighted by atomic mass is 10.0. The second kappa shape index (κ2) is 9.56. The Balaban J connectivity index is 1.92. The third-order valence-electron chi connectivity index (χ3n) is 4.82. The van der Waals surface area contributed by atoms with E-state index in [0.717, 1.165) is 4.90 Å². The van der Waals surface area contributed by atoms with Crippen molar-refractivity contribution in [2.24, 2.45) is 5.16 Å². The van der Waals surface area contributed by atoms with Crippen LogP contribution in [-0.2, 0) is 20.9 Å². The molecule has 0 fully saturated rings. The predicted octanol–water partition coefficient (Wildman–Crippen LogP) is 0.841. The van der Waals surface area contributed by atoms with E-state index in [-0.39, 0.29) is 37.6 Å².